The molecule has 5 heteroatoms. The number of nitrogens with two attached hydrogens (primary N) is 2. The Morgan fingerprint density at radius 2 is 1.56 bits per heavy atom. The fourth-order valence-corrected chi connectivity index (χ4v) is 1.45. The summed E-state index contributed by atoms with van der Waals surface area (Å²) in [5.74, 6) is 1.72. The first-order valence-corrected chi connectivity index (χ1v) is 4.93. The molecule has 0 heterocycles. The Hall–Kier alpha value is -1.46. The van der Waals surface area contributed by atoms with Gasteiger partial charge in [-0.25, -0.2) is 0 Å². The van der Waals surface area contributed by atoms with Crippen molar-refractivity contribution in [2.24, 2.45) is 11.5 Å². The predicted molar refractivity (Wildman–Crippen MR) is 62.1 cm³/mol. The third-order valence-corrected chi connectivity index (χ3v) is 2.37. The predicted octanol–water partition coefficient (Wildman–Crippen LogP) is 0.671. The second-order valence-electron chi connectivity index (χ2n) is 3.30. The van der Waals surface area contributed by atoms with E-state index in [1.807, 2.05) is 0 Å². The van der Waals surface area contributed by atoms with Gasteiger partial charge in [0.25, 0.3) is 0 Å². The molecule has 0 bridgehead atoms. The molecule has 0 aromatic heterocycles. The number of hydrogen-bond donors (Lipinski definition) is 2. The van der Waals surface area contributed by atoms with E-state index in [-0.39, 0.29) is 6.04 Å². The summed E-state index contributed by atoms with van der Waals surface area (Å²) in [4.78, 5) is 0. The smallest absolute Gasteiger partial charge is 0.203 e. The molecular formula is C11H18N2O3. The molecule has 0 radical (unpaired) electrons. The molecule has 0 saturated heterocycles. The quantitative estimate of drug-likeness (QED) is 0.771. The molecule has 0 amide bonds. The molecule has 0 unspecified atom stereocenters. The lowest BCUT2D eigenvalue weighted by Crippen LogP contribution is -2.20. The Balaban J connectivity index is 3.25. The third-order valence-electron chi connectivity index (χ3n) is 2.37. The maximum absolute atomic E-state index is 5.86. The van der Waals surface area contributed by atoms with Gasteiger partial charge in [-0.2, -0.15) is 0 Å². The minimum atomic E-state index is -0.242. The van der Waals surface area contributed by atoms with Crippen LogP contribution in [0, 0.1) is 0 Å². The van der Waals surface area contributed by atoms with E-state index in [1.54, 1.807) is 33.5 Å². The molecule has 90 valence electrons. The summed E-state index contributed by atoms with van der Waals surface area (Å²) in [7, 11) is 4.69. The van der Waals surface area contributed by atoms with Crippen LogP contribution in [0.15, 0.2) is 12.1 Å². The molecule has 5 nitrogen and oxygen atoms in total. The number of benzene rings is 1. The normalized spacial score (nSPS) is 12.1. The summed E-state index contributed by atoms with van der Waals surface area (Å²) in [6, 6.07) is 3.37. The molecule has 1 aromatic carbocycles. The van der Waals surface area contributed by atoms with Crippen molar-refractivity contribution in [1.29, 1.82) is 0 Å². The first kappa shape index (κ1) is 12.6. The van der Waals surface area contributed by atoms with Crippen molar-refractivity contribution in [3.05, 3.63) is 17.7 Å². The van der Waals surface area contributed by atoms with E-state index in [0.29, 0.717) is 23.8 Å². The zero-order valence-electron chi connectivity index (χ0n) is 9.82. The van der Waals surface area contributed by atoms with Crippen molar-refractivity contribution in [2.75, 3.05) is 27.9 Å². The van der Waals surface area contributed by atoms with Gasteiger partial charge >= 0.3 is 0 Å². The standard InChI is InChI=1S/C11H18N2O3/c1-14-9-4-7(8(13)6-12)5-10(15-2)11(9)16-3/h4-5,8H,6,12-13H2,1-3H3/t8-/m0/s1. The minimum Gasteiger partial charge on any atom is -0.493 e. The monoisotopic (exact) mass is 226 g/mol. The first-order chi connectivity index (χ1) is 7.67. The minimum absolute atomic E-state index is 0.242. The lowest BCUT2D eigenvalue weighted by atomic mass is 10.1. The van der Waals surface area contributed by atoms with Gasteiger partial charge < -0.3 is 25.7 Å². The molecule has 0 aliphatic heterocycles. The van der Waals surface area contributed by atoms with E-state index in [0.717, 1.165) is 5.56 Å². The Kier molecular flexibility index (Phi) is 4.39. The van der Waals surface area contributed by atoms with Gasteiger partial charge in [0.05, 0.1) is 21.3 Å². The summed E-state index contributed by atoms with van der Waals surface area (Å²) in [6.07, 6.45) is 0. The van der Waals surface area contributed by atoms with Gasteiger partial charge in [0.15, 0.2) is 11.5 Å². The molecule has 1 atom stereocenters. The maximum Gasteiger partial charge on any atom is 0.203 e. The van der Waals surface area contributed by atoms with Gasteiger partial charge in [-0.05, 0) is 17.7 Å². The molecule has 1 rings (SSSR count). The van der Waals surface area contributed by atoms with Crippen LogP contribution in [0.1, 0.15) is 11.6 Å². The Bertz CT molecular complexity index is 330. The average Bonchev–Trinajstić information content (AvgIpc) is 2.35. The fourth-order valence-electron chi connectivity index (χ4n) is 1.45. The van der Waals surface area contributed by atoms with Gasteiger partial charge in [-0.3, -0.25) is 0 Å². The zero-order chi connectivity index (χ0) is 12.1. The Morgan fingerprint density at radius 1 is 1.06 bits per heavy atom. The summed E-state index contributed by atoms with van der Waals surface area (Å²) in [6.45, 7) is 0.360. The molecular weight excluding hydrogens is 208 g/mol. The van der Waals surface area contributed by atoms with Crippen LogP contribution >= 0.6 is 0 Å². The third kappa shape index (κ3) is 2.37. The molecule has 0 saturated carbocycles. The van der Waals surface area contributed by atoms with E-state index in [2.05, 4.69) is 0 Å². The topological polar surface area (TPSA) is 79.7 Å². The number of methoxy groups -OCH3 is 3. The van der Waals surface area contributed by atoms with Gasteiger partial charge in [0.2, 0.25) is 5.75 Å². The van der Waals surface area contributed by atoms with Crippen molar-refractivity contribution in [3.63, 3.8) is 0 Å². The van der Waals surface area contributed by atoms with Crippen LogP contribution in [0.25, 0.3) is 0 Å². The molecule has 0 aliphatic rings. The van der Waals surface area contributed by atoms with Gasteiger partial charge in [0.1, 0.15) is 0 Å². The van der Waals surface area contributed by atoms with Crippen molar-refractivity contribution in [1.82, 2.24) is 0 Å². The highest BCUT2D eigenvalue weighted by Crippen LogP contribution is 2.39. The summed E-state index contributed by atoms with van der Waals surface area (Å²) in [5.41, 5.74) is 12.2. The Labute approximate surface area is 95.3 Å². The highest BCUT2D eigenvalue weighted by atomic mass is 16.5. The van der Waals surface area contributed by atoms with Crippen molar-refractivity contribution < 1.29 is 14.2 Å². The van der Waals surface area contributed by atoms with Crippen LogP contribution in [-0.2, 0) is 0 Å². The van der Waals surface area contributed by atoms with Gasteiger partial charge in [-0.1, -0.05) is 0 Å². The van der Waals surface area contributed by atoms with Gasteiger partial charge in [-0.15, -0.1) is 0 Å². The van der Waals surface area contributed by atoms with E-state index in [9.17, 15) is 0 Å². The maximum atomic E-state index is 5.86. The van der Waals surface area contributed by atoms with Crippen LogP contribution in [0.4, 0.5) is 0 Å². The van der Waals surface area contributed by atoms with Crippen LogP contribution in [0.5, 0.6) is 17.2 Å². The molecule has 0 aliphatic carbocycles. The van der Waals surface area contributed by atoms with Crippen LogP contribution < -0.4 is 25.7 Å². The molecule has 16 heavy (non-hydrogen) atoms. The second kappa shape index (κ2) is 5.58. The van der Waals surface area contributed by atoms with Crippen LogP contribution in [-0.4, -0.2) is 27.9 Å². The Morgan fingerprint density at radius 3 is 1.88 bits per heavy atom. The molecule has 0 spiro atoms. The highest BCUT2D eigenvalue weighted by molar-refractivity contribution is 5.54. The number of rotatable bonds is 5. The fraction of sp³-hybridized carbons (Fsp3) is 0.455. The average molecular weight is 226 g/mol. The lowest BCUT2D eigenvalue weighted by Gasteiger charge is -2.16. The number of hydrogen-bond acceptors (Lipinski definition) is 5. The molecule has 4 N–H and O–H groups in total. The zero-order valence-corrected chi connectivity index (χ0v) is 9.82. The largest absolute Gasteiger partial charge is 0.493 e. The van der Waals surface area contributed by atoms with Crippen molar-refractivity contribution in [3.8, 4) is 17.2 Å². The SMILES string of the molecule is COc1cc([C@@H](N)CN)cc(OC)c1OC. The first-order valence-electron chi connectivity index (χ1n) is 4.93. The van der Waals surface area contributed by atoms with E-state index in [1.165, 1.54) is 0 Å². The summed E-state index contributed by atoms with van der Waals surface area (Å²) < 4.78 is 15.6. The van der Waals surface area contributed by atoms with Crippen LogP contribution in [0.2, 0.25) is 0 Å². The van der Waals surface area contributed by atoms with Crippen molar-refractivity contribution >= 4 is 0 Å². The van der Waals surface area contributed by atoms with E-state index < -0.39 is 0 Å². The van der Waals surface area contributed by atoms with E-state index in [4.69, 9.17) is 25.7 Å². The highest BCUT2D eigenvalue weighted by Gasteiger charge is 2.15. The molecule has 1 aromatic rings. The summed E-state index contributed by atoms with van der Waals surface area (Å²) >= 11 is 0. The van der Waals surface area contributed by atoms with Crippen molar-refractivity contribution in [2.45, 2.75) is 6.04 Å². The molecule has 0 fully saturated rings. The lowest BCUT2D eigenvalue weighted by molar-refractivity contribution is 0.323. The van der Waals surface area contributed by atoms with Crippen LogP contribution in [0.3, 0.4) is 0 Å². The number of ether oxygens (including phenoxy) is 3. The second-order valence-corrected chi connectivity index (χ2v) is 3.30. The summed E-state index contributed by atoms with van der Waals surface area (Å²) in [5, 5.41) is 0. The van der Waals surface area contributed by atoms with Gasteiger partial charge in [0, 0.05) is 12.6 Å². The van der Waals surface area contributed by atoms with E-state index >= 15 is 0 Å².